The number of carbonyl (C=O) groups is 1. The summed E-state index contributed by atoms with van der Waals surface area (Å²) >= 11 is 1.33. The lowest BCUT2D eigenvalue weighted by Gasteiger charge is -2.12. The molecule has 1 aromatic carbocycles. The molecule has 0 aliphatic carbocycles. The summed E-state index contributed by atoms with van der Waals surface area (Å²) in [5.74, 6) is 0.614. The summed E-state index contributed by atoms with van der Waals surface area (Å²) < 4.78 is 1.83. The van der Waals surface area contributed by atoms with Crippen LogP contribution in [0.5, 0.6) is 0 Å². The number of thioether (sulfide) groups is 1. The SMILES string of the molecule is Cc1nnc(S[C@@H](C)C(=O)Nc2ccccc2C#N)n1C. The number of aryl methyl sites for hydroxylation is 1. The van der Waals surface area contributed by atoms with Gasteiger partial charge >= 0.3 is 0 Å². The lowest BCUT2D eigenvalue weighted by molar-refractivity contribution is -0.115. The molecule has 21 heavy (non-hydrogen) atoms. The summed E-state index contributed by atoms with van der Waals surface area (Å²) in [6, 6.07) is 8.97. The fourth-order valence-corrected chi connectivity index (χ4v) is 2.49. The Bertz CT molecular complexity index is 704. The summed E-state index contributed by atoms with van der Waals surface area (Å²) in [4.78, 5) is 12.2. The van der Waals surface area contributed by atoms with Crippen molar-refractivity contribution in [1.29, 1.82) is 5.26 Å². The highest BCUT2D eigenvalue weighted by atomic mass is 32.2. The number of nitriles is 1. The maximum atomic E-state index is 12.2. The standard InChI is InChI=1S/C14H15N5OS/c1-9(21-14-18-17-10(2)19(14)3)13(20)16-12-7-5-4-6-11(12)8-15/h4-7,9H,1-3H3,(H,16,20)/t9-/m0/s1. The number of carbonyl (C=O) groups excluding carboxylic acids is 1. The van der Waals surface area contributed by atoms with Gasteiger partial charge in [0.1, 0.15) is 11.9 Å². The molecule has 0 saturated carbocycles. The molecule has 6 nitrogen and oxygen atoms in total. The van der Waals surface area contributed by atoms with E-state index in [4.69, 9.17) is 5.26 Å². The molecule has 1 amide bonds. The monoisotopic (exact) mass is 301 g/mol. The van der Waals surface area contributed by atoms with Crippen molar-refractivity contribution in [3.8, 4) is 6.07 Å². The van der Waals surface area contributed by atoms with Crippen molar-refractivity contribution in [2.45, 2.75) is 24.3 Å². The molecule has 0 unspecified atom stereocenters. The number of para-hydroxylation sites is 1. The summed E-state index contributed by atoms with van der Waals surface area (Å²) in [5.41, 5.74) is 0.962. The minimum atomic E-state index is -0.348. The van der Waals surface area contributed by atoms with E-state index in [9.17, 15) is 4.79 Å². The Morgan fingerprint density at radius 1 is 1.43 bits per heavy atom. The van der Waals surface area contributed by atoms with E-state index in [0.29, 0.717) is 16.4 Å². The summed E-state index contributed by atoms with van der Waals surface area (Å²) in [7, 11) is 1.85. The van der Waals surface area contributed by atoms with Crippen LogP contribution in [0.25, 0.3) is 0 Å². The molecule has 7 heteroatoms. The second-order valence-corrected chi connectivity index (χ2v) is 5.80. The Kier molecular flexibility index (Phi) is 4.60. The van der Waals surface area contributed by atoms with Crippen molar-refractivity contribution < 1.29 is 4.79 Å². The molecule has 0 saturated heterocycles. The smallest absolute Gasteiger partial charge is 0.237 e. The van der Waals surface area contributed by atoms with Gasteiger partial charge in [0.05, 0.1) is 16.5 Å². The predicted molar refractivity (Wildman–Crippen MR) is 80.8 cm³/mol. The molecular formula is C14H15N5OS. The molecule has 0 fully saturated rings. The van der Waals surface area contributed by atoms with Crippen molar-refractivity contribution in [2.24, 2.45) is 7.05 Å². The van der Waals surface area contributed by atoms with Gasteiger partial charge in [-0.25, -0.2) is 0 Å². The van der Waals surface area contributed by atoms with Crippen LogP contribution >= 0.6 is 11.8 Å². The van der Waals surface area contributed by atoms with Gasteiger partial charge in [-0.05, 0) is 26.0 Å². The second-order valence-electron chi connectivity index (χ2n) is 4.50. The van der Waals surface area contributed by atoms with Gasteiger partial charge in [-0.3, -0.25) is 4.79 Å². The van der Waals surface area contributed by atoms with Gasteiger partial charge in [0.25, 0.3) is 0 Å². The highest BCUT2D eigenvalue weighted by molar-refractivity contribution is 8.00. The first-order chi connectivity index (χ1) is 10.0. The Hall–Kier alpha value is -2.33. The van der Waals surface area contributed by atoms with Crippen molar-refractivity contribution in [3.05, 3.63) is 35.7 Å². The number of rotatable bonds is 4. The lowest BCUT2D eigenvalue weighted by Crippen LogP contribution is -2.23. The van der Waals surface area contributed by atoms with Crippen LogP contribution in [0.4, 0.5) is 5.69 Å². The van der Waals surface area contributed by atoms with Crippen molar-refractivity contribution in [2.75, 3.05) is 5.32 Å². The van der Waals surface area contributed by atoms with E-state index in [-0.39, 0.29) is 11.2 Å². The van der Waals surface area contributed by atoms with E-state index < -0.39 is 0 Å². The Labute approximate surface area is 127 Å². The number of aromatic nitrogens is 3. The van der Waals surface area contributed by atoms with Gasteiger partial charge in [-0.15, -0.1) is 10.2 Å². The largest absolute Gasteiger partial charge is 0.324 e. The van der Waals surface area contributed by atoms with Gasteiger partial charge in [0.15, 0.2) is 5.16 Å². The summed E-state index contributed by atoms with van der Waals surface area (Å²) in [6.07, 6.45) is 0. The number of nitrogens with zero attached hydrogens (tertiary/aromatic N) is 4. The van der Waals surface area contributed by atoms with Crippen LogP contribution in [-0.2, 0) is 11.8 Å². The Morgan fingerprint density at radius 2 is 2.14 bits per heavy atom. The molecule has 0 radical (unpaired) electrons. The minimum Gasteiger partial charge on any atom is -0.324 e. The molecule has 1 aromatic heterocycles. The number of benzene rings is 1. The lowest BCUT2D eigenvalue weighted by atomic mass is 10.2. The number of amides is 1. The summed E-state index contributed by atoms with van der Waals surface area (Å²) in [6.45, 7) is 3.64. The number of hydrogen-bond acceptors (Lipinski definition) is 5. The third kappa shape index (κ3) is 3.41. The van der Waals surface area contributed by atoms with Gasteiger partial charge in [-0.1, -0.05) is 23.9 Å². The van der Waals surface area contributed by atoms with E-state index in [0.717, 1.165) is 5.82 Å². The maximum absolute atomic E-state index is 12.2. The van der Waals surface area contributed by atoms with E-state index in [1.54, 1.807) is 31.2 Å². The van der Waals surface area contributed by atoms with Gasteiger partial charge in [0.2, 0.25) is 5.91 Å². The highest BCUT2D eigenvalue weighted by Gasteiger charge is 2.18. The zero-order valence-electron chi connectivity index (χ0n) is 12.0. The molecule has 2 rings (SSSR count). The predicted octanol–water partition coefficient (Wildman–Crippen LogP) is 2.11. The van der Waals surface area contributed by atoms with Gasteiger partial charge in [0, 0.05) is 7.05 Å². The van der Waals surface area contributed by atoms with Crippen LogP contribution in [0, 0.1) is 18.3 Å². The molecular weight excluding hydrogens is 286 g/mol. The molecule has 2 aromatic rings. The molecule has 0 bridgehead atoms. The van der Waals surface area contributed by atoms with Crippen LogP contribution in [0.2, 0.25) is 0 Å². The molecule has 0 spiro atoms. The molecule has 1 heterocycles. The van der Waals surface area contributed by atoms with Gasteiger partial charge < -0.3 is 9.88 Å². The van der Waals surface area contributed by atoms with Crippen molar-refractivity contribution in [1.82, 2.24) is 14.8 Å². The molecule has 0 aliphatic rings. The molecule has 108 valence electrons. The Balaban J connectivity index is 2.06. The van der Waals surface area contributed by atoms with Crippen LogP contribution in [-0.4, -0.2) is 25.9 Å². The topological polar surface area (TPSA) is 83.6 Å². The second kappa shape index (κ2) is 6.41. The zero-order valence-corrected chi connectivity index (χ0v) is 12.8. The van der Waals surface area contributed by atoms with Crippen LogP contribution < -0.4 is 5.32 Å². The fraction of sp³-hybridized carbons (Fsp3) is 0.286. The minimum absolute atomic E-state index is 0.177. The highest BCUT2D eigenvalue weighted by Crippen LogP contribution is 2.23. The number of nitrogens with one attached hydrogen (secondary N) is 1. The molecule has 1 atom stereocenters. The normalized spacial score (nSPS) is 11.7. The molecule has 1 N–H and O–H groups in total. The van der Waals surface area contributed by atoms with Crippen LogP contribution in [0.3, 0.4) is 0 Å². The van der Waals surface area contributed by atoms with Crippen LogP contribution in [0.1, 0.15) is 18.3 Å². The van der Waals surface area contributed by atoms with E-state index in [2.05, 4.69) is 21.6 Å². The van der Waals surface area contributed by atoms with Gasteiger partial charge in [-0.2, -0.15) is 5.26 Å². The number of hydrogen-bond donors (Lipinski definition) is 1. The average molecular weight is 301 g/mol. The van der Waals surface area contributed by atoms with E-state index in [1.165, 1.54) is 11.8 Å². The summed E-state index contributed by atoms with van der Waals surface area (Å²) in [5, 5.41) is 20.1. The third-order valence-electron chi connectivity index (χ3n) is 3.01. The fourth-order valence-electron chi connectivity index (χ4n) is 1.63. The first-order valence-electron chi connectivity index (χ1n) is 6.35. The Morgan fingerprint density at radius 3 is 2.76 bits per heavy atom. The van der Waals surface area contributed by atoms with E-state index in [1.807, 2.05) is 18.5 Å². The first kappa shape index (κ1) is 15.1. The van der Waals surface area contributed by atoms with Crippen molar-refractivity contribution >= 4 is 23.4 Å². The molecule has 0 aliphatic heterocycles. The first-order valence-corrected chi connectivity index (χ1v) is 7.23. The third-order valence-corrected chi connectivity index (χ3v) is 4.14. The quantitative estimate of drug-likeness (QED) is 0.874. The van der Waals surface area contributed by atoms with E-state index >= 15 is 0 Å². The van der Waals surface area contributed by atoms with Crippen LogP contribution in [0.15, 0.2) is 29.4 Å². The average Bonchev–Trinajstić information content (AvgIpc) is 2.79. The maximum Gasteiger partial charge on any atom is 0.237 e. The number of anilines is 1. The zero-order chi connectivity index (χ0) is 15.4. The van der Waals surface area contributed by atoms with Crippen molar-refractivity contribution in [3.63, 3.8) is 0 Å².